The third kappa shape index (κ3) is 4.61. The summed E-state index contributed by atoms with van der Waals surface area (Å²) in [5.41, 5.74) is 7.44. The molecule has 6 nitrogen and oxygen atoms in total. The number of aliphatic imine (C=N–C) groups is 2. The molecule has 7 aromatic rings. The Bertz CT molecular complexity index is 2150. The molecule has 0 amide bonds. The summed E-state index contributed by atoms with van der Waals surface area (Å²) in [4.78, 5) is 27.6. The van der Waals surface area contributed by atoms with Gasteiger partial charge >= 0.3 is 0 Å². The van der Waals surface area contributed by atoms with Gasteiger partial charge in [-0.05, 0) is 83.7 Å². The molecule has 194 valence electrons. The van der Waals surface area contributed by atoms with E-state index in [0.717, 1.165) is 50.2 Å². The van der Waals surface area contributed by atoms with Crippen LogP contribution < -0.4 is 0 Å². The van der Waals surface area contributed by atoms with Crippen LogP contribution in [-0.4, -0.2) is 32.9 Å². The molecule has 0 aliphatic carbocycles. The predicted molar refractivity (Wildman–Crippen MR) is 169 cm³/mol. The topological polar surface area (TPSA) is 76.3 Å². The fraction of sp³-hybridized carbons (Fsp3) is 0.0286. The zero-order valence-electron chi connectivity index (χ0n) is 22.4. The first-order valence-corrected chi connectivity index (χ1v) is 13.3. The van der Waals surface area contributed by atoms with E-state index in [1.54, 1.807) is 18.6 Å². The first-order valence-electron chi connectivity index (χ1n) is 13.3. The molecule has 6 heteroatoms. The monoisotopic (exact) mass is 528 g/mol. The summed E-state index contributed by atoms with van der Waals surface area (Å²) < 4.78 is 0. The highest BCUT2D eigenvalue weighted by Crippen LogP contribution is 2.35. The minimum atomic E-state index is 0.635. The van der Waals surface area contributed by atoms with E-state index in [9.17, 15) is 0 Å². The van der Waals surface area contributed by atoms with Gasteiger partial charge < -0.3 is 0 Å². The largest absolute Gasteiger partial charge is 0.262 e. The minimum absolute atomic E-state index is 0.635. The number of benzene rings is 5. The van der Waals surface area contributed by atoms with Gasteiger partial charge in [-0.2, -0.15) is 0 Å². The van der Waals surface area contributed by atoms with Gasteiger partial charge in [0.1, 0.15) is 0 Å². The molecule has 0 saturated carbocycles. The molecule has 0 aliphatic rings. The average molecular weight is 529 g/mol. The van der Waals surface area contributed by atoms with Gasteiger partial charge in [-0.1, -0.05) is 48.5 Å². The lowest BCUT2D eigenvalue weighted by Crippen LogP contribution is -1.96. The molecule has 0 fully saturated rings. The van der Waals surface area contributed by atoms with Crippen LogP contribution in [-0.2, 0) is 0 Å². The van der Waals surface area contributed by atoms with Gasteiger partial charge in [0.25, 0.3) is 0 Å². The summed E-state index contributed by atoms with van der Waals surface area (Å²) in [6.45, 7) is 5.63. The first-order chi connectivity index (χ1) is 20.2. The van der Waals surface area contributed by atoms with Crippen LogP contribution in [0.1, 0.15) is 6.92 Å². The zero-order valence-corrected chi connectivity index (χ0v) is 22.4. The normalized spacial score (nSPS) is 11.5. The summed E-state index contributed by atoms with van der Waals surface area (Å²) in [6.07, 6.45) is 5.14. The van der Waals surface area contributed by atoms with Crippen LogP contribution in [0, 0.1) is 0 Å². The van der Waals surface area contributed by atoms with Crippen LogP contribution in [0.25, 0.3) is 66.5 Å². The van der Waals surface area contributed by atoms with Crippen LogP contribution in [0.2, 0.25) is 0 Å². The second-order valence-corrected chi connectivity index (χ2v) is 9.73. The number of fused-ring (bicyclic) bond motifs is 3. The van der Waals surface area contributed by atoms with Crippen LogP contribution in [0.15, 0.2) is 119 Å². The minimum Gasteiger partial charge on any atom is -0.262 e. The lowest BCUT2D eigenvalue weighted by Gasteiger charge is -2.11. The van der Waals surface area contributed by atoms with Gasteiger partial charge in [0, 0.05) is 35.3 Å². The van der Waals surface area contributed by atoms with E-state index >= 15 is 0 Å². The van der Waals surface area contributed by atoms with Crippen molar-refractivity contribution in [1.82, 2.24) is 19.9 Å². The van der Waals surface area contributed by atoms with E-state index in [1.807, 2.05) is 49.4 Å². The predicted octanol–water partition coefficient (Wildman–Crippen LogP) is 8.78. The molecule has 0 radical (unpaired) electrons. The maximum absolute atomic E-state index is 5.05. The average Bonchev–Trinajstić information content (AvgIpc) is 3.03. The fourth-order valence-corrected chi connectivity index (χ4v) is 5.13. The van der Waals surface area contributed by atoms with Crippen molar-refractivity contribution >= 4 is 56.9 Å². The Labute approximate surface area is 236 Å². The van der Waals surface area contributed by atoms with Crippen molar-refractivity contribution in [2.45, 2.75) is 6.92 Å². The van der Waals surface area contributed by atoms with Gasteiger partial charge in [0.15, 0.2) is 5.82 Å². The second-order valence-electron chi connectivity index (χ2n) is 9.73. The Hall–Kier alpha value is -5.62. The highest BCUT2D eigenvalue weighted by Gasteiger charge is 2.14. The van der Waals surface area contributed by atoms with Crippen molar-refractivity contribution in [2.75, 3.05) is 0 Å². The molecule has 0 aliphatic heterocycles. The van der Waals surface area contributed by atoms with Crippen molar-refractivity contribution in [2.24, 2.45) is 9.98 Å². The van der Waals surface area contributed by atoms with Crippen LogP contribution in [0.4, 0.5) is 11.4 Å². The fourth-order valence-electron chi connectivity index (χ4n) is 5.13. The highest BCUT2D eigenvalue weighted by molar-refractivity contribution is 5.99. The van der Waals surface area contributed by atoms with E-state index in [1.165, 1.54) is 16.2 Å². The molecule has 0 saturated heterocycles. The molecule has 0 spiro atoms. The summed E-state index contributed by atoms with van der Waals surface area (Å²) in [5, 5.41) is 4.72. The standard InChI is InChI=1S/C35H24N6/c1-3-37-29-12-10-25(19-33(29)36-2)31-21-32(26-11-13-30-34(20-26)39-15-14-38-30)41-35(40-31)27-9-8-24-16-22-6-4-5-7-23(22)17-28(24)18-27/h3-21H,2H2,1H3. The van der Waals surface area contributed by atoms with Crippen molar-refractivity contribution < 1.29 is 0 Å². The smallest absolute Gasteiger partial charge is 0.160 e. The lowest BCUT2D eigenvalue weighted by atomic mass is 10.0. The van der Waals surface area contributed by atoms with Gasteiger partial charge in [0.2, 0.25) is 0 Å². The van der Waals surface area contributed by atoms with E-state index in [2.05, 4.69) is 81.3 Å². The molecule has 7 rings (SSSR count). The van der Waals surface area contributed by atoms with Crippen LogP contribution in [0.5, 0.6) is 0 Å². The van der Waals surface area contributed by atoms with Gasteiger partial charge in [-0.3, -0.25) is 20.0 Å². The number of aromatic nitrogens is 4. The van der Waals surface area contributed by atoms with E-state index < -0.39 is 0 Å². The van der Waals surface area contributed by atoms with E-state index in [0.29, 0.717) is 11.5 Å². The first kappa shape index (κ1) is 24.4. The molecule has 0 atom stereocenters. The SMILES string of the molecule is C=Nc1cc(-c2cc(-c3ccc4nccnc4c3)nc(-c3ccc4cc5ccccc5cc4c3)n2)ccc1N=CC. The summed E-state index contributed by atoms with van der Waals surface area (Å²) in [7, 11) is 0. The Kier molecular flexibility index (Phi) is 6.06. The molecule has 0 N–H and O–H groups in total. The van der Waals surface area contributed by atoms with Crippen LogP contribution in [0.3, 0.4) is 0 Å². The van der Waals surface area contributed by atoms with Crippen LogP contribution >= 0.6 is 0 Å². The van der Waals surface area contributed by atoms with Crippen molar-refractivity contribution in [1.29, 1.82) is 0 Å². The van der Waals surface area contributed by atoms with Crippen molar-refractivity contribution in [3.05, 3.63) is 109 Å². The number of hydrogen-bond donors (Lipinski definition) is 0. The third-order valence-electron chi connectivity index (χ3n) is 7.16. The molecule has 41 heavy (non-hydrogen) atoms. The molecular formula is C35H24N6. The number of nitrogens with zero attached hydrogens (tertiary/aromatic N) is 6. The van der Waals surface area contributed by atoms with E-state index in [4.69, 9.17) is 9.97 Å². The second kappa shape index (κ2) is 10.2. The quantitative estimate of drug-likeness (QED) is 0.165. The molecule has 0 bridgehead atoms. The van der Waals surface area contributed by atoms with Crippen molar-refractivity contribution in [3.63, 3.8) is 0 Å². The Balaban J connectivity index is 1.43. The molecule has 5 aromatic carbocycles. The van der Waals surface area contributed by atoms with Gasteiger partial charge in [0.05, 0.1) is 33.8 Å². The Morgan fingerprint density at radius 3 is 2.00 bits per heavy atom. The van der Waals surface area contributed by atoms with Gasteiger partial charge in [-0.15, -0.1) is 0 Å². The summed E-state index contributed by atoms with van der Waals surface area (Å²) >= 11 is 0. The maximum Gasteiger partial charge on any atom is 0.160 e. The molecule has 2 heterocycles. The third-order valence-corrected chi connectivity index (χ3v) is 7.16. The number of hydrogen-bond acceptors (Lipinski definition) is 6. The van der Waals surface area contributed by atoms with Gasteiger partial charge in [-0.25, -0.2) is 9.97 Å². The molecule has 0 unspecified atom stereocenters. The summed E-state index contributed by atoms with van der Waals surface area (Å²) in [5.74, 6) is 0.635. The van der Waals surface area contributed by atoms with Crippen molar-refractivity contribution in [3.8, 4) is 33.9 Å². The molecular weight excluding hydrogens is 504 g/mol. The maximum atomic E-state index is 5.05. The number of rotatable bonds is 5. The lowest BCUT2D eigenvalue weighted by molar-refractivity contribution is 1.18. The highest BCUT2D eigenvalue weighted by atomic mass is 14.9. The summed E-state index contributed by atoms with van der Waals surface area (Å²) in [6, 6.07) is 33.1. The molecule has 2 aromatic heterocycles. The Morgan fingerprint density at radius 1 is 0.585 bits per heavy atom. The Morgan fingerprint density at radius 2 is 1.24 bits per heavy atom. The van der Waals surface area contributed by atoms with E-state index in [-0.39, 0.29) is 0 Å². The zero-order chi connectivity index (χ0) is 27.8.